The molecule has 0 bridgehead atoms. The van der Waals surface area contributed by atoms with Crippen LogP contribution in [0.5, 0.6) is 0 Å². The van der Waals surface area contributed by atoms with Crippen LogP contribution in [0.15, 0.2) is 42.7 Å². The van der Waals surface area contributed by atoms with Crippen molar-refractivity contribution in [1.29, 1.82) is 0 Å². The zero-order valence-electron chi connectivity index (χ0n) is 13.9. The number of H-pyrrole nitrogens is 1. The molecule has 25 heavy (non-hydrogen) atoms. The molecule has 0 unspecified atom stereocenters. The number of aromatic amines is 1. The van der Waals surface area contributed by atoms with Crippen molar-refractivity contribution in [2.24, 2.45) is 5.92 Å². The first-order valence-corrected chi connectivity index (χ1v) is 8.45. The lowest BCUT2D eigenvalue weighted by molar-refractivity contribution is 0.0234. The highest BCUT2D eigenvalue weighted by Gasteiger charge is 2.36. The molecule has 1 amide bonds. The van der Waals surface area contributed by atoms with Crippen LogP contribution in [-0.4, -0.2) is 32.1 Å². The Labute approximate surface area is 145 Å². The van der Waals surface area contributed by atoms with Crippen molar-refractivity contribution in [2.45, 2.75) is 31.9 Å². The molecule has 1 fully saturated rings. The number of rotatable bonds is 4. The number of amides is 1. The van der Waals surface area contributed by atoms with Gasteiger partial charge in [0.2, 0.25) is 0 Å². The van der Waals surface area contributed by atoms with E-state index in [1.165, 1.54) is 0 Å². The Morgan fingerprint density at radius 1 is 1.28 bits per heavy atom. The topological polar surface area (TPSA) is 90.9 Å². The van der Waals surface area contributed by atoms with Gasteiger partial charge in [-0.1, -0.05) is 18.2 Å². The van der Waals surface area contributed by atoms with Crippen LogP contribution >= 0.6 is 0 Å². The van der Waals surface area contributed by atoms with Crippen molar-refractivity contribution >= 4 is 16.8 Å². The highest BCUT2D eigenvalue weighted by molar-refractivity contribution is 5.91. The van der Waals surface area contributed by atoms with E-state index >= 15 is 0 Å². The summed E-state index contributed by atoms with van der Waals surface area (Å²) in [5.74, 6) is 0.252. The second-order valence-corrected chi connectivity index (χ2v) is 6.71. The number of carbonyl (C=O) groups excluding carboxylic acids is 1. The van der Waals surface area contributed by atoms with Gasteiger partial charge in [0.1, 0.15) is 0 Å². The zero-order valence-corrected chi connectivity index (χ0v) is 13.9. The molecule has 2 heterocycles. The number of fused-ring (bicyclic) bond motifs is 1. The molecular formula is C19H20N4O2. The van der Waals surface area contributed by atoms with Crippen LogP contribution in [0, 0.1) is 12.8 Å². The third-order valence-electron chi connectivity index (χ3n) is 4.80. The van der Waals surface area contributed by atoms with Gasteiger partial charge in [-0.2, -0.15) is 0 Å². The van der Waals surface area contributed by atoms with Crippen LogP contribution < -0.4 is 5.32 Å². The minimum Gasteiger partial charge on any atom is -0.393 e. The van der Waals surface area contributed by atoms with Gasteiger partial charge in [-0.15, -0.1) is 0 Å². The van der Waals surface area contributed by atoms with Crippen molar-refractivity contribution in [3.63, 3.8) is 0 Å². The predicted octanol–water partition coefficient (Wildman–Crippen LogP) is 2.51. The van der Waals surface area contributed by atoms with E-state index in [0.29, 0.717) is 18.7 Å². The molecular weight excluding hydrogens is 316 g/mol. The van der Waals surface area contributed by atoms with E-state index < -0.39 is 0 Å². The Morgan fingerprint density at radius 2 is 2.08 bits per heavy atom. The first kappa shape index (κ1) is 15.8. The Hall–Kier alpha value is -2.73. The number of aromatic nitrogens is 3. The summed E-state index contributed by atoms with van der Waals surface area (Å²) in [6, 6.07) is 9.77. The van der Waals surface area contributed by atoms with Crippen molar-refractivity contribution in [3.05, 3.63) is 59.8 Å². The molecule has 1 saturated carbocycles. The second kappa shape index (κ2) is 6.29. The van der Waals surface area contributed by atoms with E-state index in [2.05, 4.69) is 26.3 Å². The number of aliphatic hydroxyl groups excluding tert-OH is 1. The van der Waals surface area contributed by atoms with E-state index in [9.17, 15) is 9.90 Å². The van der Waals surface area contributed by atoms with Crippen molar-refractivity contribution < 1.29 is 9.90 Å². The number of imidazole rings is 1. The fourth-order valence-corrected chi connectivity index (χ4v) is 3.37. The summed E-state index contributed by atoms with van der Waals surface area (Å²) in [5.41, 5.74) is 2.71. The number of hydrogen-bond donors (Lipinski definition) is 3. The normalized spacial score (nSPS) is 20.9. The number of hydrogen-bond acceptors (Lipinski definition) is 4. The number of carbonyl (C=O) groups is 1. The largest absolute Gasteiger partial charge is 0.393 e. The first-order chi connectivity index (χ1) is 12.1. The highest BCUT2D eigenvalue weighted by atomic mass is 16.3. The van der Waals surface area contributed by atoms with Crippen LogP contribution in [0.4, 0.5) is 0 Å². The molecule has 4 rings (SSSR count). The molecule has 1 aromatic carbocycles. The molecule has 6 heteroatoms. The quantitative estimate of drug-likeness (QED) is 0.683. The van der Waals surface area contributed by atoms with Gasteiger partial charge >= 0.3 is 0 Å². The minimum atomic E-state index is -0.288. The number of nitrogens with zero attached hydrogens (tertiary/aromatic N) is 2. The van der Waals surface area contributed by atoms with Crippen molar-refractivity contribution in [1.82, 2.24) is 20.3 Å². The van der Waals surface area contributed by atoms with Crippen molar-refractivity contribution in [3.8, 4) is 0 Å². The molecule has 3 N–H and O–H groups in total. The lowest BCUT2D eigenvalue weighted by Crippen LogP contribution is -2.41. The van der Waals surface area contributed by atoms with E-state index in [1.54, 1.807) is 6.20 Å². The number of aliphatic hydroxyl groups is 1. The summed E-state index contributed by atoms with van der Waals surface area (Å²) in [7, 11) is 0. The molecule has 0 aliphatic heterocycles. The monoisotopic (exact) mass is 336 g/mol. The first-order valence-electron chi connectivity index (χ1n) is 8.45. The van der Waals surface area contributed by atoms with Crippen LogP contribution in [0.1, 0.15) is 40.8 Å². The lowest BCUT2D eigenvalue weighted by Gasteiger charge is -2.38. The molecule has 0 saturated heterocycles. The number of nitrogens with one attached hydrogen (secondary N) is 2. The van der Waals surface area contributed by atoms with E-state index in [1.807, 2.05) is 37.4 Å². The maximum atomic E-state index is 12.5. The van der Waals surface area contributed by atoms with E-state index in [0.717, 1.165) is 22.2 Å². The Kier molecular flexibility index (Phi) is 3.97. The van der Waals surface area contributed by atoms with Gasteiger partial charge in [0.05, 0.1) is 17.7 Å². The Balaban J connectivity index is 1.64. The average molecular weight is 336 g/mol. The van der Waals surface area contributed by atoms with Crippen LogP contribution in [0.2, 0.25) is 0 Å². The summed E-state index contributed by atoms with van der Waals surface area (Å²) in [6.45, 7) is 1.86. The van der Waals surface area contributed by atoms with E-state index in [4.69, 9.17) is 0 Å². The second-order valence-electron chi connectivity index (χ2n) is 6.71. The summed E-state index contributed by atoms with van der Waals surface area (Å²) in [6.07, 6.45) is 4.51. The van der Waals surface area contributed by atoms with Gasteiger partial charge in [0.15, 0.2) is 5.82 Å². The molecule has 6 nitrogen and oxygen atoms in total. The fourth-order valence-electron chi connectivity index (χ4n) is 3.37. The molecule has 1 atom stereocenters. The van der Waals surface area contributed by atoms with Crippen molar-refractivity contribution in [2.75, 3.05) is 0 Å². The minimum absolute atomic E-state index is 0.193. The SMILES string of the molecule is Cc1cnc(C(=O)N[C@H](c2cnc3ccccc3c2)C2CC(O)C2)[nH]1. The predicted molar refractivity (Wildman–Crippen MR) is 94.0 cm³/mol. The average Bonchev–Trinajstić information content (AvgIpc) is 3.03. The molecule has 3 aromatic rings. The maximum absolute atomic E-state index is 12.5. The number of pyridine rings is 1. The summed E-state index contributed by atoms with van der Waals surface area (Å²) in [4.78, 5) is 24.1. The van der Waals surface area contributed by atoms with Gasteiger partial charge in [0, 0.05) is 23.5 Å². The summed E-state index contributed by atoms with van der Waals surface area (Å²) < 4.78 is 0. The number of aryl methyl sites for hydroxylation is 1. The molecule has 128 valence electrons. The molecule has 0 radical (unpaired) electrons. The van der Waals surface area contributed by atoms with Crippen LogP contribution in [-0.2, 0) is 0 Å². The van der Waals surface area contributed by atoms with Gasteiger partial charge < -0.3 is 15.4 Å². The standard InChI is InChI=1S/C19H20N4O2/c1-11-9-21-18(22-11)19(25)23-17(13-7-15(24)8-13)14-6-12-4-2-3-5-16(12)20-10-14/h2-6,9-10,13,15,17,24H,7-8H2,1H3,(H,21,22)(H,23,25)/t13?,15?,17-/m0/s1. The lowest BCUT2D eigenvalue weighted by atomic mass is 9.75. The van der Waals surface area contributed by atoms with E-state index in [-0.39, 0.29) is 24.0 Å². The van der Waals surface area contributed by atoms with Gasteiger partial charge in [-0.25, -0.2) is 4.98 Å². The molecule has 0 spiro atoms. The number of para-hydroxylation sites is 1. The van der Waals surface area contributed by atoms with Crippen LogP contribution in [0.25, 0.3) is 10.9 Å². The smallest absolute Gasteiger partial charge is 0.287 e. The fraction of sp³-hybridized carbons (Fsp3) is 0.316. The van der Waals surface area contributed by atoms with Gasteiger partial charge in [-0.05, 0) is 43.4 Å². The summed E-state index contributed by atoms with van der Waals surface area (Å²) in [5, 5.41) is 13.8. The van der Waals surface area contributed by atoms with Gasteiger partial charge in [-0.3, -0.25) is 9.78 Å². The van der Waals surface area contributed by atoms with Crippen LogP contribution in [0.3, 0.4) is 0 Å². The van der Waals surface area contributed by atoms with Gasteiger partial charge in [0.25, 0.3) is 5.91 Å². The maximum Gasteiger partial charge on any atom is 0.287 e. The third kappa shape index (κ3) is 3.13. The molecule has 1 aliphatic rings. The Bertz CT molecular complexity index is 914. The molecule has 1 aliphatic carbocycles. The third-order valence-corrected chi connectivity index (χ3v) is 4.80. The highest BCUT2D eigenvalue weighted by Crippen LogP contribution is 2.38. The number of benzene rings is 1. The Morgan fingerprint density at radius 3 is 2.80 bits per heavy atom. The zero-order chi connectivity index (χ0) is 17.4. The molecule has 2 aromatic heterocycles. The summed E-state index contributed by atoms with van der Waals surface area (Å²) >= 11 is 0.